The number of aliphatic carboxylic acids is 1. The molecule has 0 aliphatic heterocycles. The number of carbonyl (C=O) groups is 1. The molecule has 0 amide bonds. The number of hydrogen-bond donors (Lipinski definition) is 2. The lowest BCUT2D eigenvalue weighted by Crippen LogP contribution is -2.23. The van der Waals surface area contributed by atoms with E-state index < -0.39 is 16.8 Å². The molecule has 1 aromatic rings. The van der Waals surface area contributed by atoms with Gasteiger partial charge < -0.3 is 10.4 Å². The first-order valence-corrected chi connectivity index (χ1v) is 6.14. The molecule has 1 rings (SSSR count). The van der Waals surface area contributed by atoms with Crippen LogP contribution in [-0.2, 0) is 4.79 Å². The first-order valence-electron chi connectivity index (χ1n) is 6.14. The Morgan fingerprint density at radius 3 is 2.80 bits per heavy atom. The highest BCUT2D eigenvalue weighted by molar-refractivity contribution is 5.71. The van der Waals surface area contributed by atoms with Gasteiger partial charge in [-0.05, 0) is 18.6 Å². The SMILES string of the molecule is CCCC(CNc1ccc(C#N)cc1[N+](=O)[O-])C(=O)O. The molecular formula is C13H15N3O4. The number of nitrogens with zero attached hydrogens (tertiary/aromatic N) is 2. The summed E-state index contributed by atoms with van der Waals surface area (Å²) < 4.78 is 0. The number of nitriles is 1. The van der Waals surface area contributed by atoms with Gasteiger partial charge >= 0.3 is 5.97 Å². The van der Waals surface area contributed by atoms with E-state index in [0.29, 0.717) is 12.8 Å². The number of benzene rings is 1. The van der Waals surface area contributed by atoms with Crippen LogP contribution in [0.25, 0.3) is 0 Å². The Hall–Kier alpha value is -2.62. The van der Waals surface area contributed by atoms with E-state index >= 15 is 0 Å². The number of anilines is 1. The second kappa shape index (κ2) is 7.09. The standard InChI is InChI=1S/C13H15N3O4/c1-2-3-10(13(17)18)8-15-11-5-4-9(7-14)6-12(11)16(19)20/h4-6,10,15H,2-3,8H2,1H3,(H,17,18). The van der Waals surface area contributed by atoms with Crippen molar-refractivity contribution in [1.82, 2.24) is 0 Å². The van der Waals surface area contributed by atoms with Gasteiger partial charge in [0, 0.05) is 12.6 Å². The largest absolute Gasteiger partial charge is 0.481 e. The van der Waals surface area contributed by atoms with Crippen LogP contribution in [0, 0.1) is 27.4 Å². The molecule has 1 unspecified atom stereocenters. The van der Waals surface area contributed by atoms with Crippen LogP contribution in [0.3, 0.4) is 0 Å². The van der Waals surface area contributed by atoms with Crippen LogP contribution in [0.5, 0.6) is 0 Å². The molecule has 0 fully saturated rings. The average molecular weight is 277 g/mol. The molecule has 0 aliphatic rings. The van der Waals surface area contributed by atoms with Crippen molar-refractivity contribution in [3.63, 3.8) is 0 Å². The van der Waals surface area contributed by atoms with Crippen molar-refractivity contribution < 1.29 is 14.8 Å². The third kappa shape index (κ3) is 3.95. The average Bonchev–Trinajstić information content (AvgIpc) is 2.42. The molecule has 0 saturated heterocycles. The molecule has 2 N–H and O–H groups in total. The van der Waals surface area contributed by atoms with Gasteiger partial charge in [-0.15, -0.1) is 0 Å². The normalized spacial score (nSPS) is 11.4. The number of nitrogens with one attached hydrogen (secondary N) is 1. The Kier molecular flexibility index (Phi) is 5.47. The predicted octanol–water partition coefficient (Wildman–Crippen LogP) is 2.38. The van der Waals surface area contributed by atoms with Crippen molar-refractivity contribution in [3.8, 4) is 6.07 Å². The van der Waals surface area contributed by atoms with Gasteiger partial charge in [0.1, 0.15) is 5.69 Å². The van der Waals surface area contributed by atoms with E-state index in [-0.39, 0.29) is 23.5 Å². The first kappa shape index (κ1) is 15.4. The minimum Gasteiger partial charge on any atom is -0.481 e. The van der Waals surface area contributed by atoms with Crippen LogP contribution in [0.2, 0.25) is 0 Å². The topological polar surface area (TPSA) is 116 Å². The lowest BCUT2D eigenvalue weighted by Gasteiger charge is -2.13. The lowest BCUT2D eigenvalue weighted by atomic mass is 10.0. The molecule has 106 valence electrons. The fourth-order valence-corrected chi connectivity index (χ4v) is 1.80. The summed E-state index contributed by atoms with van der Waals surface area (Å²) in [4.78, 5) is 21.3. The fourth-order valence-electron chi connectivity index (χ4n) is 1.80. The van der Waals surface area contributed by atoms with E-state index in [9.17, 15) is 14.9 Å². The van der Waals surface area contributed by atoms with Crippen molar-refractivity contribution in [3.05, 3.63) is 33.9 Å². The summed E-state index contributed by atoms with van der Waals surface area (Å²) in [5, 5.41) is 31.5. The zero-order valence-corrected chi connectivity index (χ0v) is 11.0. The highest BCUT2D eigenvalue weighted by Gasteiger charge is 2.19. The summed E-state index contributed by atoms with van der Waals surface area (Å²) in [6, 6.07) is 5.86. The van der Waals surface area contributed by atoms with Gasteiger partial charge in [0.25, 0.3) is 5.69 Å². The summed E-state index contributed by atoms with van der Waals surface area (Å²) in [6.07, 6.45) is 1.21. The van der Waals surface area contributed by atoms with E-state index in [1.165, 1.54) is 12.1 Å². The minimum atomic E-state index is -0.935. The third-order valence-electron chi connectivity index (χ3n) is 2.85. The molecule has 0 saturated carbocycles. The summed E-state index contributed by atoms with van der Waals surface area (Å²) in [5.74, 6) is -1.54. The molecule has 1 atom stereocenters. The summed E-state index contributed by atoms with van der Waals surface area (Å²) in [5.41, 5.74) is 0.173. The van der Waals surface area contributed by atoms with Gasteiger partial charge in [-0.3, -0.25) is 14.9 Å². The maximum absolute atomic E-state index is 11.0. The maximum Gasteiger partial charge on any atom is 0.308 e. The monoisotopic (exact) mass is 277 g/mol. The summed E-state index contributed by atoms with van der Waals surface area (Å²) in [6.45, 7) is 1.98. The van der Waals surface area contributed by atoms with E-state index in [4.69, 9.17) is 10.4 Å². The second-order valence-corrected chi connectivity index (χ2v) is 4.31. The Balaban J connectivity index is 2.89. The first-order chi connectivity index (χ1) is 9.49. The molecule has 1 aromatic carbocycles. The van der Waals surface area contributed by atoms with Gasteiger partial charge in [0.05, 0.1) is 22.5 Å². The predicted molar refractivity (Wildman–Crippen MR) is 72.3 cm³/mol. The Bertz CT molecular complexity index is 551. The van der Waals surface area contributed by atoms with Crippen molar-refractivity contribution in [1.29, 1.82) is 5.26 Å². The smallest absolute Gasteiger partial charge is 0.308 e. The molecule has 7 nitrogen and oxygen atoms in total. The van der Waals surface area contributed by atoms with Crippen molar-refractivity contribution in [2.75, 3.05) is 11.9 Å². The zero-order chi connectivity index (χ0) is 15.1. The molecule has 0 spiro atoms. The van der Waals surface area contributed by atoms with Crippen LogP contribution in [0.4, 0.5) is 11.4 Å². The molecule has 7 heteroatoms. The lowest BCUT2D eigenvalue weighted by molar-refractivity contribution is -0.384. The third-order valence-corrected chi connectivity index (χ3v) is 2.85. The molecule has 0 heterocycles. The number of carboxylic acid groups (broad SMARTS) is 1. The minimum absolute atomic E-state index is 0.107. The maximum atomic E-state index is 11.0. The van der Waals surface area contributed by atoms with E-state index in [0.717, 1.165) is 6.07 Å². The Labute approximate surface area is 116 Å². The van der Waals surface area contributed by atoms with Gasteiger partial charge in [0.2, 0.25) is 0 Å². The van der Waals surface area contributed by atoms with Gasteiger partial charge in [-0.25, -0.2) is 0 Å². The van der Waals surface area contributed by atoms with Crippen LogP contribution in [0.15, 0.2) is 18.2 Å². The number of nitro groups is 1. The quantitative estimate of drug-likeness (QED) is 0.583. The van der Waals surface area contributed by atoms with E-state index in [1.807, 2.05) is 13.0 Å². The Morgan fingerprint density at radius 2 is 2.30 bits per heavy atom. The highest BCUT2D eigenvalue weighted by atomic mass is 16.6. The van der Waals surface area contributed by atoms with Crippen molar-refractivity contribution in [2.24, 2.45) is 5.92 Å². The number of carboxylic acids is 1. The summed E-state index contributed by atoms with van der Waals surface area (Å²) >= 11 is 0. The number of nitro benzene ring substituents is 1. The van der Waals surface area contributed by atoms with E-state index in [1.54, 1.807) is 0 Å². The molecule has 0 aliphatic carbocycles. The molecule has 0 aromatic heterocycles. The summed E-state index contributed by atoms with van der Waals surface area (Å²) in [7, 11) is 0. The second-order valence-electron chi connectivity index (χ2n) is 4.31. The molecule has 0 radical (unpaired) electrons. The van der Waals surface area contributed by atoms with Gasteiger partial charge in [-0.2, -0.15) is 5.26 Å². The van der Waals surface area contributed by atoms with Crippen LogP contribution in [-0.4, -0.2) is 22.5 Å². The van der Waals surface area contributed by atoms with Gasteiger partial charge in [0.15, 0.2) is 0 Å². The van der Waals surface area contributed by atoms with Crippen molar-refractivity contribution >= 4 is 17.3 Å². The number of hydrogen-bond acceptors (Lipinski definition) is 5. The highest BCUT2D eigenvalue weighted by Crippen LogP contribution is 2.25. The van der Waals surface area contributed by atoms with Crippen LogP contribution in [0.1, 0.15) is 25.3 Å². The van der Waals surface area contributed by atoms with Gasteiger partial charge in [-0.1, -0.05) is 13.3 Å². The molecular weight excluding hydrogens is 262 g/mol. The molecule has 0 bridgehead atoms. The van der Waals surface area contributed by atoms with E-state index in [2.05, 4.69) is 5.32 Å². The van der Waals surface area contributed by atoms with Crippen LogP contribution < -0.4 is 5.32 Å². The fraction of sp³-hybridized carbons (Fsp3) is 0.385. The molecule has 20 heavy (non-hydrogen) atoms. The number of rotatable bonds is 7. The van der Waals surface area contributed by atoms with Crippen molar-refractivity contribution in [2.45, 2.75) is 19.8 Å². The zero-order valence-electron chi connectivity index (χ0n) is 11.0. The van der Waals surface area contributed by atoms with Crippen LogP contribution >= 0.6 is 0 Å². The Morgan fingerprint density at radius 1 is 1.60 bits per heavy atom.